The number of hydrogen-bond donors (Lipinski definition) is 1. The van der Waals surface area contributed by atoms with Crippen molar-refractivity contribution in [3.8, 4) is 0 Å². The number of rotatable bonds is 4. The fourth-order valence-corrected chi connectivity index (χ4v) is 6.36. The Morgan fingerprint density at radius 2 is 1.74 bits per heavy atom. The van der Waals surface area contributed by atoms with Crippen molar-refractivity contribution < 1.29 is 14.7 Å². The number of piperidine rings is 1. The first-order valence-corrected chi connectivity index (χ1v) is 12.5. The van der Waals surface area contributed by atoms with E-state index in [-0.39, 0.29) is 24.3 Å². The number of benzene rings is 3. The largest absolute Gasteiger partial charge is 0.375 e. The minimum Gasteiger partial charge on any atom is -0.375 e. The van der Waals surface area contributed by atoms with Crippen LogP contribution in [0.1, 0.15) is 42.0 Å². The van der Waals surface area contributed by atoms with Gasteiger partial charge in [-0.25, -0.2) is 0 Å². The number of amides is 2. The van der Waals surface area contributed by atoms with Crippen LogP contribution >= 0.6 is 0 Å². The van der Waals surface area contributed by atoms with Gasteiger partial charge in [-0.3, -0.25) is 14.5 Å². The van der Waals surface area contributed by atoms with Gasteiger partial charge in [0.25, 0.3) is 5.91 Å². The molecule has 3 aromatic rings. The number of nitrogens with zero attached hydrogens (tertiary/aromatic N) is 3. The molecule has 180 valence electrons. The fraction of sp³-hybridized carbons (Fsp3) is 0.379. The maximum absolute atomic E-state index is 13.6. The van der Waals surface area contributed by atoms with Crippen LogP contribution < -0.4 is 4.90 Å². The molecular formula is C29H31N3O3. The summed E-state index contributed by atoms with van der Waals surface area (Å²) in [6, 6.07) is 20.9. The van der Waals surface area contributed by atoms with Crippen LogP contribution in [0.15, 0.2) is 60.7 Å². The number of hydrogen-bond acceptors (Lipinski definition) is 4. The number of anilines is 1. The van der Waals surface area contributed by atoms with Crippen molar-refractivity contribution in [3.63, 3.8) is 0 Å². The Morgan fingerprint density at radius 1 is 1.03 bits per heavy atom. The first-order chi connectivity index (χ1) is 16.9. The molecule has 6 nitrogen and oxygen atoms in total. The van der Waals surface area contributed by atoms with Crippen LogP contribution in [0.2, 0.25) is 0 Å². The van der Waals surface area contributed by atoms with E-state index in [9.17, 15) is 14.7 Å². The van der Waals surface area contributed by atoms with Crippen LogP contribution in [0.5, 0.6) is 0 Å². The molecule has 1 N–H and O–H groups in total. The number of carbonyl (C=O) groups excluding carboxylic acids is 2. The third-order valence-corrected chi connectivity index (χ3v) is 8.19. The summed E-state index contributed by atoms with van der Waals surface area (Å²) in [7, 11) is 3.29. The average molecular weight is 470 g/mol. The van der Waals surface area contributed by atoms with Gasteiger partial charge in [0.2, 0.25) is 5.91 Å². The Balaban J connectivity index is 1.23. The lowest BCUT2D eigenvalue weighted by molar-refractivity contribution is -0.146. The summed E-state index contributed by atoms with van der Waals surface area (Å²) in [5, 5.41) is 14.2. The van der Waals surface area contributed by atoms with Gasteiger partial charge >= 0.3 is 0 Å². The number of aliphatic hydroxyl groups is 1. The molecule has 0 bridgehead atoms. The molecular weight excluding hydrogens is 438 g/mol. The lowest BCUT2D eigenvalue weighted by Crippen LogP contribution is -2.51. The van der Waals surface area contributed by atoms with E-state index in [0.29, 0.717) is 11.6 Å². The van der Waals surface area contributed by atoms with Crippen LogP contribution in [0.4, 0.5) is 5.69 Å². The lowest BCUT2D eigenvalue weighted by atomic mass is 9.91. The van der Waals surface area contributed by atoms with Crippen molar-refractivity contribution in [2.75, 3.05) is 32.1 Å². The van der Waals surface area contributed by atoms with Gasteiger partial charge in [0.1, 0.15) is 0 Å². The number of para-hydroxylation sites is 1. The summed E-state index contributed by atoms with van der Waals surface area (Å²) in [6.45, 7) is 1.78. The second kappa shape index (κ2) is 8.18. The van der Waals surface area contributed by atoms with Crippen molar-refractivity contribution in [3.05, 3.63) is 77.4 Å². The van der Waals surface area contributed by atoms with Crippen molar-refractivity contribution in [1.82, 2.24) is 9.80 Å². The second-order valence-corrected chi connectivity index (χ2v) is 10.4. The molecule has 0 radical (unpaired) electrons. The molecule has 3 aromatic carbocycles. The van der Waals surface area contributed by atoms with Gasteiger partial charge in [0.05, 0.1) is 12.1 Å². The molecule has 0 saturated carbocycles. The zero-order valence-electron chi connectivity index (χ0n) is 20.3. The van der Waals surface area contributed by atoms with E-state index in [1.165, 1.54) is 26.8 Å². The molecule has 0 aromatic heterocycles. The Bertz CT molecular complexity index is 1320. The number of carbonyl (C=O) groups is 2. The first-order valence-electron chi connectivity index (χ1n) is 12.5. The SMILES string of the molecule is CN(C)C(=O)CC1(O)C(=O)N(C2CCN(C3Cc4cccc5cccc3c45)CC2)c2ccccc21. The van der Waals surface area contributed by atoms with Crippen LogP contribution in [0.25, 0.3) is 10.8 Å². The summed E-state index contributed by atoms with van der Waals surface area (Å²) >= 11 is 0. The van der Waals surface area contributed by atoms with Crippen molar-refractivity contribution in [2.24, 2.45) is 0 Å². The Hall–Kier alpha value is -3.22. The molecule has 3 aliphatic rings. The summed E-state index contributed by atoms with van der Waals surface area (Å²) in [5.41, 5.74) is 2.31. The third kappa shape index (κ3) is 3.39. The standard InChI is InChI=1S/C29H31N3O3/c1-30(2)26(33)18-29(35)23-11-3-4-12-24(23)32(28(29)34)21-13-15-31(16-14-21)25-17-20-9-5-7-19-8-6-10-22(25)27(19)20/h3-12,21,25,35H,13-18H2,1-2H3. The maximum Gasteiger partial charge on any atom is 0.264 e. The van der Waals surface area contributed by atoms with Crippen LogP contribution in [-0.2, 0) is 21.6 Å². The molecule has 1 aliphatic carbocycles. The zero-order chi connectivity index (χ0) is 24.3. The summed E-state index contributed by atoms with van der Waals surface area (Å²) in [6.07, 6.45) is 2.45. The minimum absolute atomic E-state index is 0.00273. The maximum atomic E-state index is 13.6. The second-order valence-electron chi connectivity index (χ2n) is 10.4. The summed E-state index contributed by atoms with van der Waals surface area (Å²) < 4.78 is 0. The van der Waals surface area contributed by atoms with E-state index >= 15 is 0 Å². The van der Waals surface area contributed by atoms with Gasteiger partial charge in [0, 0.05) is 44.8 Å². The number of fused-ring (bicyclic) bond motifs is 1. The fourth-order valence-electron chi connectivity index (χ4n) is 6.36. The van der Waals surface area contributed by atoms with E-state index in [1.807, 2.05) is 18.2 Å². The third-order valence-electron chi connectivity index (χ3n) is 8.19. The molecule has 2 atom stereocenters. The Kier molecular flexibility index (Phi) is 5.20. The van der Waals surface area contributed by atoms with Crippen LogP contribution in [0.3, 0.4) is 0 Å². The highest BCUT2D eigenvalue weighted by atomic mass is 16.3. The van der Waals surface area contributed by atoms with Crippen molar-refractivity contribution in [2.45, 2.75) is 43.4 Å². The van der Waals surface area contributed by atoms with Gasteiger partial charge in [0.15, 0.2) is 5.60 Å². The Morgan fingerprint density at radius 3 is 2.49 bits per heavy atom. The molecule has 2 unspecified atom stereocenters. The van der Waals surface area contributed by atoms with Crippen LogP contribution in [-0.4, -0.2) is 59.9 Å². The molecule has 0 spiro atoms. The smallest absolute Gasteiger partial charge is 0.264 e. The summed E-state index contributed by atoms with van der Waals surface area (Å²) in [4.78, 5) is 31.9. The average Bonchev–Trinajstić information content (AvgIpc) is 3.34. The highest BCUT2D eigenvalue weighted by Gasteiger charge is 2.53. The van der Waals surface area contributed by atoms with Crippen molar-refractivity contribution >= 4 is 28.3 Å². The van der Waals surface area contributed by atoms with Gasteiger partial charge in [-0.15, -0.1) is 0 Å². The zero-order valence-corrected chi connectivity index (χ0v) is 20.3. The first kappa shape index (κ1) is 22.3. The normalized spacial score (nSPS) is 24.3. The lowest BCUT2D eigenvalue weighted by Gasteiger charge is -2.40. The van der Waals surface area contributed by atoms with Crippen LogP contribution in [0, 0.1) is 0 Å². The monoisotopic (exact) mass is 469 g/mol. The van der Waals surface area contributed by atoms with Gasteiger partial charge in [-0.2, -0.15) is 0 Å². The predicted molar refractivity (Wildman–Crippen MR) is 136 cm³/mol. The van der Waals surface area contributed by atoms with E-state index in [0.717, 1.165) is 38.0 Å². The van der Waals surface area contributed by atoms with E-state index in [4.69, 9.17) is 0 Å². The topological polar surface area (TPSA) is 64.1 Å². The molecule has 6 heteroatoms. The highest BCUT2D eigenvalue weighted by Crippen LogP contribution is 2.46. The quantitative estimate of drug-likeness (QED) is 0.634. The van der Waals surface area contributed by atoms with E-state index in [2.05, 4.69) is 41.3 Å². The van der Waals surface area contributed by atoms with E-state index in [1.54, 1.807) is 25.1 Å². The molecule has 6 rings (SSSR count). The minimum atomic E-state index is -1.81. The van der Waals surface area contributed by atoms with E-state index < -0.39 is 5.60 Å². The highest BCUT2D eigenvalue weighted by molar-refractivity contribution is 6.09. The molecule has 2 amide bonds. The molecule has 2 heterocycles. The molecule has 1 saturated heterocycles. The summed E-state index contributed by atoms with van der Waals surface area (Å²) in [5.74, 6) is -0.632. The van der Waals surface area contributed by atoms with Crippen molar-refractivity contribution in [1.29, 1.82) is 0 Å². The number of likely N-dealkylation sites (tertiary alicyclic amines) is 1. The van der Waals surface area contributed by atoms with Gasteiger partial charge < -0.3 is 14.9 Å². The predicted octanol–water partition coefficient (Wildman–Crippen LogP) is 3.61. The van der Waals surface area contributed by atoms with Gasteiger partial charge in [-0.05, 0) is 47.2 Å². The Labute approximate surface area is 205 Å². The van der Waals surface area contributed by atoms with Gasteiger partial charge in [-0.1, -0.05) is 54.6 Å². The molecule has 35 heavy (non-hydrogen) atoms. The molecule has 1 fully saturated rings. The molecule has 2 aliphatic heterocycles.